The summed E-state index contributed by atoms with van der Waals surface area (Å²) in [6.45, 7) is 2.81. The molecule has 0 bridgehead atoms. The lowest BCUT2D eigenvalue weighted by Crippen LogP contribution is -2.13. The first-order chi connectivity index (χ1) is 7.31. The fraction of sp³-hybridized carbons (Fsp3) is 0.400. The van der Waals surface area contributed by atoms with E-state index in [4.69, 9.17) is 11.6 Å². The minimum atomic E-state index is 0.148. The molecule has 5 heteroatoms. The molecule has 1 unspecified atom stereocenters. The molecule has 2 aromatic heterocycles. The lowest BCUT2D eigenvalue weighted by molar-refractivity contribution is 0.841. The van der Waals surface area contributed by atoms with Gasteiger partial charge in [-0.05, 0) is 17.9 Å². The molecule has 3 nitrogen and oxygen atoms in total. The zero-order chi connectivity index (χ0) is 10.7. The number of aromatic nitrogens is 2. The van der Waals surface area contributed by atoms with Crippen LogP contribution >= 0.6 is 22.9 Å². The number of hydrogen-bond donors (Lipinski definition) is 1. The Labute approximate surface area is 97.5 Å². The molecular formula is C10H12ClN3S. The zero-order valence-corrected chi connectivity index (χ0v) is 9.98. The van der Waals surface area contributed by atoms with Gasteiger partial charge in [0.1, 0.15) is 12.1 Å². The van der Waals surface area contributed by atoms with Crippen LogP contribution in [0.1, 0.15) is 13.3 Å². The van der Waals surface area contributed by atoms with Gasteiger partial charge < -0.3 is 5.32 Å². The van der Waals surface area contributed by atoms with Crippen molar-refractivity contribution in [3.8, 4) is 0 Å². The molecule has 1 atom stereocenters. The Kier molecular flexibility index (Phi) is 3.38. The van der Waals surface area contributed by atoms with Gasteiger partial charge in [0.05, 0.1) is 15.6 Å². The molecule has 80 valence electrons. The maximum absolute atomic E-state index is 6.04. The molecule has 0 fully saturated rings. The van der Waals surface area contributed by atoms with E-state index in [-0.39, 0.29) is 5.38 Å². The zero-order valence-electron chi connectivity index (χ0n) is 8.40. The number of hydrogen-bond acceptors (Lipinski definition) is 4. The summed E-state index contributed by atoms with van der Waals surface area (Å²) in [4.78, 5) is 8.39. The van der Waals surface area contributed by atoms with Crippen LogP contribution in [0.5, 0.6) is 0 Å². The first-order valence-electron chi connectivity index (χ1n) is 4.87. The fourth-order valence-corrected chi connectivity index (χ4v) is 2.15. The Bertz CT molecular complexity index is 443. The summed E-state index contributed by atoms with van der Waals surface area (Å²) in [7, 11) is 0. The van der Waals surface area contributed by atoms with Crippen LogP contribution in [-0.2, 0) is 0 Å². The highest BCUT2D eigenvalue weighted by Crippen LogP contribution is 2.24. The number of thiophene rings is 1. The maximum atomic E-state index is 6.04. The molecule has 0 spiro atoms. The van der Waals surface area contributed by atoms with Crippen LogP contribution in [0, 0.1) is 0 Å². The average Bonchev–Trinajstić information content (AvgIpc) is 2.74. The summed E-state index contributed by atoms with van der Waals surface area (Å²) in [5, 5.41) is 5.42. The number of rotatable bonds is 4. The predicted molar refractivity (Wildman–Crippen MR) is 65.8 cm³/mol. The van der Waals surface area contributed by atoms with Crippen molar-refractivity contribution >= 4 is 39.0 Å². The van der Waals surface area contributed by atoms with Crippen molar-refractivity contribution in [3.05, 3.63) is 17.8 Å². The fourth-order valence-electron chi connectivity index (χ4n) is 1.27. The third-order valence-electron chi connectivity index (χ3n) is 2.18. The summed E-state index contributed by atoms with van der Waals surface area (Å²) in [5.41, 5.74) is 0.986. The molecular weight excluding hydrogens is 230 g/mol. The maximum Gasteiger partial charge on any atom is 0.147 e. The van der Waals surface area contributed by atoms with E-state index in [1.807, 2.05) is 11.4 Å². The van der Waals surface area contributed by atoms with Gasteiger partial charge in [-0.3, -0.25) is 0 Å². The molecule has 0 aliphatic heterocycles. The highest BCUT2D eigenvalue weighted by Gasteiger charge is 2.06. The monoisotopic (exact) mass is 241 g/mol. The van der Waals surface area contributed by atoms with E-state index >= 15 is 0 Å². The van der Waals surface area contributed by atoms with E-state index in [0.717, 1.165) is 29.0 Å². The number of anilines is 1. The van der Waals surface area contributed by atoms with Crippen LogP contribution in [-0.4, -0.2) is 21.9 Å². The summed E-state index contributed by atoms with van der Waals surface area (Å²) in [5.74, 6) is 0.883. The number of alkyl halides is 1. The normalized spacial score (nSPS) is 12.9. The largest absolute Gasteiger partial charge is 0.367 e. The van der Waals surface area contributed by atoms with Crippen LogP contribution in [0.25, 0.3) is 10.2 Å². The van der Waals surface area contributed by atoms with Crippen molar-refractivity contribution in [2.24, 2.45) is 0 Å². The second kappa shape index (κ2) is 4.77. The van der Waals surface area contributed by atoms with Crippen LogP contribution in [0.4, 0.5) is 5.82 Å². The number of nitrogens with zero attached hydrogens (tertiary/aromatic N) is 2. The molecule has 2 heterocycles. The van der Waals surface area contributed by atoms with Gasteiger partial charge in [-0.15, -0.1) is 22.9 Å². The van der Waals surface area contributed by atoms with Crippen molar-refractivity contribution in [2.75, 3.05) is 11.9 Å². The highest BCUT2D eigenvalue weighted by atomic mass is 35.5. The summed E-state index contributed by atoms with van der Waals surface area (Å²) in [6, 6.07) is 1.99. The first-order valence-corrected chi connectivity index (χ1v) is 6.19. The standard InChI is InChI=1S/C10H12ClN3S/c1-2-7(11)5-12-10-9-8(3-4-15-9)13-6-14-10/h3-4,6-7H,2,5H2,1H3,(H,12,13,14). The van der Waals surface area contributed by atoms with E-state index < -0.39 is 0 Å². The smallest absolute Gasteiger partial charge is 0.147 e. The van der Waals surface area contributed by atoms with E-state index in [1.54, 1.807) is 17.7 Å². The highest BCUT2D eigenvalue weighted by molar-refractivity contribution is 7.17. The Morgan fingerprint density at radius 1 is 1.53 bits per heavy atom. The third kappa shape index (κ3) is 2.38. The van der Waals surface area contributed by atoms with E-state index in [0.29, 0.717) is 0 Å². The Morgan fingerprint density at radius 3 is 3.20 bits per heavy atom. The lowest BCUT2D eigenvalue weighted by atomic mass is 10.3. The van der Waals surface area contributed by atoms with Gasteiger partial charge in [0.2, 0.25) is 0 Å². The van der Waals surface area contributed by atoms with Gasteiger partial charge in [0.25, 0.3) is 0 Å². The molecule has 15 heavy (non-hydrogen) atoms. The van der Waals surface area contributed by atoms with Crippen molar-refractivity contribution in [1.82, 2.24) is 9.97 Å². The molecule has 0 saturated carbocycles. The van der Waals surface area contributed by atoms with E-state index in [1.165, 1.54) is 0 Å². The van der Waals surface area contributed by atoms with Crippen molar-refractivity contribution in [3.63, 3.8) is 0 Å². The number of fused-ring (bicyclic) bond motifs is 1. The molecule has 0 radical (unpaired) electrons. The summed E-state index contributed by atoms with van der Waals surface area (Å²) < 4.78 is 1.09. The van der Waals surface area contributed by atoms with E-state index in [9.17, 15) is 0 Å². The van der Waals surface area contributed by atoms with Gasteiger partial charge in [-0.25, -0.2) is 9.97 Å². The third-order valence-corrected chi connectivity index (χ3v) is 3.55. The molecule has 0 aliphatic carbocycles. The van der Waals surface area contributed by atoms with Crippen LogP contribution in [0.2, 0.25) is 0 Å². The molecule has 0 aromatic carbocycles. The molecule has 1 N–H and O–H groups in total. The second-order valence-corrected chi connectivity index (χ2v) is 4.78. The van der Waals surface area contributed by atoms with Crippen LogP contribution in [0.3, 0.4) is 0 Å². The minimum Gasteiger partial charge on any atom is -0.367 e. The topological polar surface area (TPSA) is 37.8 Å². The molecule has 2 aromatic rings. The SMILES string of the molecule is CCC(Cl)CNc1ncnc2ccsc12. The van der Waals surface area contributed by atoms with Gasteiger partial charge in [-0.1, -0.05) is 6.92 Å². The van der Waals surface area contributed by atoms with E-state index in [2.05, 4.69) is 22.2 Å². The van der Waals surface area contributed by atoms with Crippen LogP contribution < -0.4 is 5.32 Å². The van der Waals surface area contributed by atoms with Gasteiger partial charge in [0, 0.05) is 6.54 Å². The molecule has 0 amide bonds. The predicted octanol–water partition coefficient (Wildman–Crippen LogP) is 3.12. The lowest BCUT2D eigenvalue weighted by Gasteiger charge is -2.09. The van der Waals surface area contributed by atoms with Crippen molar-refractivity contribution < 1.29 is 0 Å². The molecule has 0 saturated heterocycles. The Balaban J connectivity index is 2.17. The summed E-state index contributed by atoms with van der Waals surface area (Å²) in [6.07, 6.45) is 2.53. The number of halogens is 1. The first kappa shape index (κ1) is 10.6. The molecule has 0 aliphatic rings. The Hall–Kier alpha value is -0.870. The van der Waals surface area contributed by atoms with Gasteiger partial charge >= 0.3 is 0 Å². The van der Waals surface area contributed by atoms with Crippen LogP contribution in [0.15, 0.2) is 17.8 Å². The summed E-state index contributed by atoms with van der Waals surface area (Å²) >= 11 is 7.68. The van der Waals surface area contributed by atoms with Gasteiger partial charge in [0.15, 0.2) is 0 Å². The van der Waals surface area contributed by atoms with Crippen molar-refractivity contribution in [2.45, 2.75) is 18.7 Å². The number of nitrogens with one attached hydrogen (secondary N) is 1. The quantitative estimate of drug-likeness (QED) is 0.836. The second-order valence-electron chi connectivity index (χ2n) is 3.24. The minimum absolute atomic E-state index is 0.148. The van der Waals surface area contributed by atoms with Gasteiger partial charge in [-0.2, -0.15) is 0 Å². The molecule has 2 rings (SSSR count). The average molecular weight is 242 g/mol. The van der Waals surface area contributed by atoms with Crippen molar-refractivity contribution in [1.29, 1.82) is 0 Å². The Morgan fingerprint density at radius 2 is 2.40 bits per heavy atom.